The molecule has 126 valence electrons. The lowest BCUT2D eigenvalue weighted by Crippen LogP contribution is -2.51. The number of rotatable bonds is 3. The van der Waals surface area contributed by atoms with E-state index < -0.39 is 0 Å². The minimum absolute atomic E-state index is 0.0427. The molecular weight excluding hydrogens is 304 g/mol. The van der Waals surface area contributed by atoms with E-state index in [4.69, 9.17) is 4.74 Å². The molecule has 6 nitrogen and oxygen atoms in total. The molecule has 0 bridgehead atoms. The average molecular weight is 326 g/mol. The van der Waals surface area contributed by atoms with Gasteiger partial charge in [0.05, 0.1) is 25.3 Å². The van der Waals surface area contributed by atoms with Crippen LogP contribution in [0.1, 0.15) is 25.5 Å². The first-order chi connectivity index (χ1) is 11.6. The molecule has 0 radical (unpaired) electrons. The van der Waals surface area contributed by atoms with Crippen LogP contribution >= 0.6 is 0 Å². The molecule has 0 saturated carbocycles. The summed E-state index contributed by atoms with van der Waals surface area (Å²) in [6.45, 7) is 5.81. The number of aromatic nitrogens is 2. The fourth-order valence-electron chi connectivity index (χ4n) is 2.79. The van der Waals surface area contributed by atoms with Gasteiger partial charge in [0.1, 0.15) is 6.33 Å². The number of nitrogens with one attached hydrogen (secondary N) is 1. The van der Waals surface area contributed by atoms with Gasteiger partial charge in [-0.3, -0.25) is 0 Å². The zero-order valence-corrected chi connectivity index (χ0v) is 14.0. The van der Waals surface area contributed by atoms with Gasteiger partial charge in [0.2, 0.25) is 0 Å². The Labute approximate surface area is 141 Å². The van der Waals surface area contributed by atoms with Crippen molar-refractivity contribution in [2.45, 2.75) is 25.9 Å². The number of urea groups is 1. The number of ether oxygens (including phenoxy) is 1. The maximum Gasteiger partial charge on any atom is 0.318 e. The summed E-state index contributed by atoms with van der Waals surface area (Å²) >= 11 is 0. The van der Waals surface area contributed by atoms with Gasteiger partial charge in [0.15, 0.2) is 0 Å². The highest BCUT2D eigenvalue weighted by Gasteiger charge is 2.24. The third kappa shape index (κ3) is 3.71. The van der Waals surface area contributed by atoms with Crippen molar-refractivity contribution in [2.75, 3.05) is 19.8 Å². The predicted molar refractivity (Wildman–Crippen MR) is 91.4 cm³/mol. The van der Waals surface area contributed by atoms with Crippen LogP contribution in [-0.2, 0) is 4.74 Å². The number of hydrogen-bond acceptors (Lipinski definition) is 4. The number of amides is 2. The van der Waals surface area contributed by atoms with E-state index in [-0.39, 0.29) is 18.1 Å². The van der Waals surface area contributed by atoms with Crippen LogP contribution in [0.2, 0.25) is 0 Å². The molecule has 2 aromatic rings. The van der Waals surface area contributed by atoms with Gasteiger partial charge in [-0.05, 0) is 25.0 Å². The first-order valence-electron chi connectivity index (χ1n) is 8.15. The molecule has 2 amide bonds. The van der Waals surface area contributed by atoms with E-state index in [2.05, 4.69) is 15.3 Å². The van der Waals surface area contributed by atoms with Gasteiger partial charge in [-0.25, -0.2) is 14.8 Å². The molecule has 6 heteroatoms. The van der Waals surface area contributed by atoms with Crippen molar-refractivity contribution in [3.05, 3.63) is 48.5 Å². The van der Waals surface area contributed by atoms with E-state index in [1.54, 1.807) is 12.4 Å². The topological polar surface area (TPSA) is 67.4 Å². The van der Waals surface area contributed by atoms with Gasteiger partial charge >= 0.3 is 6.03 Å². The van der Waals surface area contributed by atoms with Gasteiger partial charge in [-0.15, -0.1) is 0 Å². The van der Waals surface area contributed by atoms with Crippen molar-refractivity contribution in [2.24, 2.45) is 0 Å². The summed E-state index contributed by atoms with van der Waals surface area (Å²) in [4.78, 5) is 22.3. The first kappa shape index (κ1) is 16.4. The number of nitrogens with zero attached hydrogens (tertiary/aromatic N) is 3. The van der Waals surface area contributed by atoms with Gasteiger partial charge in [-0.1, -0.05) is 24.3 Å². The molecule has 1 N–H and O–H groups in total. The van der Waals surface area contributed by atoms with Crippen LogP contribution < -0.4 is 5.32 Å². The van der Waals surface area contributed by atoms with Crippen LogP contribution in [0.5, 0.6) is 0 Å². The maximum absolute atomic E-state index is 12.4. The normalized spacial score (nSPS) is 18.9. The molecule has 1 aromatic carbocycles. The van der Waals surface area contributed by atoms with Crippen molar-refractivity contribution < 1.29 is 9.53 Å². The summed E-state index contributed by atoms with van der Waals surface area (Å²) in [7, 11) is 0. The Morgan fingerprint density at radius 1 is 1.25 bits per heavy atom. The zero-order chi connectivity index (χ0) is 16.9. The number of hydrogen-bond donors (Lipinski definition) is 1. The molecule has 24 heavy (non-hydrogen) atoms. The summed E-state index contributed by atoms with van der Waals surface area (Å²) in [5.74, 6) is 0. The van der Waals surface area contributed by atoms with Crippen LogP contribution in [0.4, 0.5) is 4.79 Å². The number of carbonyl (C=O) groups is 1. The molecule has 2 heterocycles. The van der Waals surface area contributed by atoms with Crippen LogP contribution in [0.25, 0.3) is 11.1 Å². The predicted octanol–water partition coefficient (Wildman–Crippen LogP) is 2.63. The van der Waals surface area contributed by atoms with E-state index in [0.717, 1.165) is 16.7 Å². The largest absolute Gasteiger partial charge is 0.377 e. The van der Waals surface area contributed by atoms with Crippen LogP contribution in [0.3, 0.4) is 0 Å². The van der Waals surface area contributed by atoms with Crippen LogP contribution in [0.15, 0.2) is 43.0 Å². The van der Waals surface area contributed by atoms with Crippen molar-refractivity contribution in [1.82, 2.24) is 20.2 Å². The van der Waals surface area contributed by atoms with E-state index in [1.165, 1.54) is 6.33 Å². The second-order valence-electron chi connectivity index (χ2n) is 6.04. The summed E-state index contributed by atoms with van der Waals surface area (Å²) in [5, 5.41) is 3.06. The second kappa shape index (κ2) is 7.40. The Morgan fingerprint density at radius 2 is 1.96 bits per heavy atom. The van der Waals surface area contributed by atoms with Gasteiger partial charge < -0.3 is 15.0 Å². The standard InChI is InChI=1S/C18H22N4O2/c1-13-11-24-8-7-22(13)18(23)21-14(2)15-3-5-16(6-4-15)17-9-19-12-20-10-17/h3-6,9-10,12-14H,7-8,11H2,1-2H3,(H,21,23)/t13-,14+/m0/s1. The molecule has 0 aliphatic carbocycles. The first-order valence-corrected chi connectivity index (χ1v) is 8.15. The SMILES string of the molecule is C[C@@H](NC(=O)N1CCOC[C@@H]1C)c1ccc(-c2cncnc2)cc1. The molecular formula is C18H22N4O2. The molecule has 0 spiro atoms. The van der Waals surface area contributed by atoms with Gasteiger partial charge in [0, 0.05) is 24.5 Å². The summed E-state index contributed by atoms with van der Waals surface area (Å²) in [5.41, 5.74) is 3.09. The Kier molecular flexibility index (Phi) is 5.05. The Morgan fingerprint density at radius 3 is 2.62 bits per heavy atom. The van der Waals surface area contributed by atoms with Crippen molar-refractivity contribution in [3.8, 4) is 11.1 Å². The molecule has 1 saturated heterocycles. The Balaban J connectivity index is 1.64. The number of carbonyl (C=O) groups excluding carboxylic acids is 1. The van der Waals surface area contributed by atoms with E-state index in [1.807, 2.05) is 43.0 Å². The highest BCUT2D eigenvalue weighted by molar-refractivity contribution is 5.75. The van der Waals surface area contributed by atoms with Crippen LogP contribution in [-0.4, -0.2) is 46.7 Å². The van der Waals surface area contributed by atoms with Gasteiger partial charge in [0.25, 0.3) is 0 Å². The van der Waals surface area contributed by atoms with Crippen molar-refractivity contribution >= 4 is 6.03 Å². The van der Waals surface area contributed by atoms with Crippen molar-refractivity contribution in [1.29, 1.82) is 0 Å². The van der Waals surface area contributed by atoms with E-state index >= 15 is 0 Å². The lowest BCUT2D eigenvalue weighted by atomic mass is 10.0. The second-order valence-corrected chi connectivity index (χ2v) is 6.04. The zero-order valence-electron chi connectivity index (χ0n) is 14.0. The summed E-state index contributed by atoms with van der Waals surface area (Å²) in [6.07, 6.45) is 5.09. The fraction of sp³-hybridized carbons (Fsp3) is 0.389. The highest BCUT2D eigenvalue weighted by Crippen LogP contribution is 2.21. The fourth-order valence-corrected chi connectivity index (χ4v) is 2.79. The molecule has 1 fully saturated rings. The third-order valence-corrected chi connectivity index (χ3v) is 4.27. The summed E-state index contributed by atoms with van der Waals surface area (Å²) in [6, 6.07) is 8.09. The average Bonchev–Trinajstić information content (AvgIpc) is 2.63. The molecule has 1 aliphatic heterocycles. The van der Waals surface area contributed by atoms with E-state index in [0.29, 0.717) is 19.8 Å². The van der Waals surface area contributed by atoms with Crippen LogP contribution in [0, 0.1) is 0 Å². The molecule has 0 unspecified atom stereocenters. The number of morpholine rings is 1. The molecule has 3 rings (SSSR count). The third-order valence-electron chi connectivity index (χ3n) is 4.27. The quantitative estimate of drug-likeness (QED) is 0.941. The number of benzene rings is 1. The smallest absolute Gasteiger partial charge is 0.318 e. The molecule has 1 aromatic heterocycles. The molecule has 1 aliphatic rings. The minimum Gasteiger partial charge on any atom is -0.377 e. The lowest BCUT2D eigenvalue weighted by molar-refractivity contribution is 0.0185. The minimum atomic E-state index is -0.0615. The lowest BCUT2D eigenvalue weighted by Gasteiger charge is -2.34. The van der Waals surface area contributed by atoms with Crippen molar-refractivity contribution in [3.63, 3.8) is 0 Å². The van der Waals surface area contributed by atoms with E-state index in [9.17, 15) is 4.79 Å². The monoisotopic (exact) mass is 326 g/mol. The summed E-state index contributed by atoms with van der Waals surface area (Å²) < 4.78 is 5.38. The Hall–Kier alpha value is -2.47. The highest BCUT2D eigenvalue weighted by atomic mass is 16.5. The maximum atomic E-state index is 12.4. The van der Waals surface area contributed by atoms with Gasteiger partial charge in [-0.2, -0.15) is 0 Å². The Bertz CT molecular complexity index is 675. The molecule has 2 atom stereocenters.